The van der Waals surface area contributed by atoms with Gasteiger partial charge in [-0.05, 0) is 77.0 Å². The SMILES string of the molecule is CC/C=C\C/C=C\C/C=C\C/C=C\CCCCCCCCCCCCCCCCCCC(=O)OC(CO)COC(=O)CCCCCCCCCCCCCCCCCCCCC/C=C\CCCCCCCCCC. The number of allylic oxidation sites excluding steroid dienone is 10. The zero-order valence-corrected chi connectivity index (χ0v) is 49.6. The normalized spacial score (nSPS) is 12.5. The zero-order chi connectivity index (χ0) is 53.4. The first-order valence-corrected chi connectivity index (χ1v) is 32.8. The van der Waals surface area contributed by atoms with E-state index in [4.69, 9.17) is 9.47 Å². The van der Waals surface area contributed by atoms with Gasteiger partial charge in [-0.3, -0.25) is 9.59 Å². The number of rotatable bonds is 61. The number of hydrogen-bond acceptors (Lipinski definition) is 5. The molecule has 0 heterocycles. The van der Waals surface area contributed by atoms with E-state index in [0.29, 0.717) is 12.8 Å². The van der Waals surface area contributed by atoms with Crippen molar-refractivity contribution in [2.75, 3.05) is 13.2 Å². The van der Waals surface area contributed by atoms with Gasteiger partial charge >= 0.3 is 11.9 Å². The molecule has 0 aromatic rings. The highest BCUT2D eigenvalue weighted by Crippen LogP contribution is 2.18. The highest BCUT2D eigenvalue weighted by atomic mass is 16.6. The Hall–Kier alpha value is -2.40. The Balaban J connectivity index is 3.41. The average molecular weight is 1040 g/mol. The summed E-state index contributed by atoms with van der Waals surface area (Å²) in [6.07, 6.45) is 88.1. The summed E-state index contributed by atoms with van der Waals surface area (Å²) < 4.78 is 10.8. The number of esters is 2. The molecular formula is C69H126O5. The molecule has 1 atom stereocenters. The summed E-state index contributed by atoms with van der Waals surface area (Å²) in [4.78, 5) is 24.6. The van der Waals surface area contributed by atoms with E-state index in [1.54, 1.807) is 0 Å². The summed E-state index contributed by atoms with van der Waals surface area (Å²) in [6, 6.07) is 0. The van der Waals surface area contributed by atoms with Gasteiger partial charge in [-0.15, -0.1) is 0 Å². The van der Waals surface area contributed by atoms with Crippen molar-refractivity contribution in [1.82, 2.24) is 0 Å². The third-order valence-electron chi connectivity index (χ3n) is 14.8. The molecule has 0 aromatic carbocycles. The van der Waals surface area contributed by atoms with Crippen LogP contribution in [0, 0.1) is 0 Å². The quantitative estimate of drug-likeness (QED) is 0.0373. The maximum atomic E-state index is 12.3. The number of aliphatic hydroxyl groups excluding tert-OH is 1. The van der Waals surface area contributed by atoms with Gasteiger partial charge in [-0.2, -0.15) is 0 Å². The Morgan fingerprint density at radius 3 is 0.892 bits per heavy atom. The molecule has 0 fully saturated rings. The number of carbonyl (C=O) groups is 2. The van der Waals surface area contributed by atoms with Crippen molar-refractivity contribution in [1.29, 1.82) is 0 Å². The van der Waals surface area contributed by atoms with E-state index in [-0.39, 0.29) is 25.2 Å². The van der Waals surface area contributed by atoms with Gasteiger partial charge in [0.15, 0.2) is 6.10 Å². The van der Waals surface area contributed by atoms with Gasteiger partial charge in [0, 0.05) is 12.8 Å². The lowest BCUT2D eigenvalue weighted by Gasteiger charge is -2.15. The van der Waals surface area contributed by atoms with Crippen molar-refractivity contribution >= 4 is 11.9 Å². The van der Waals surface area contributed by atoms with Gasteiger partial charge in [-0.25, -0.2) is 0 Å². The lowest BCUT2D eigenvalue weighted by molar-refractivity contribution is -0.161. The Morgan fingerprint density at radius 1 is 0.324 bits per heavy atom. The predicted molar refractivity (Wildman–Crippen MR) is 325 cm³/mol. The molecule has 5 heteroatoms. The fraction of sp³-hybridized carbons (Fsp3) is 0.826. The zero-order valence-electron chi connectivity index (χ0n) is 49.6. The molecule has 74 heavy (non-hydrogen) atoms. The summed E-state index contributed by atoms with van der Waals surface area (Å²) in [5.74, 6) is -0.573. The second-order valence-electron chi connectivity index (χ2n) is 22.2. The molecule has 0 bridgehead atoms. The fourth-order valence-corrected chi connectivity index (χ4v) is 9.90. The van der Waals surface area contributed by atoms with Crippen LogP contribution in [0.2, 0.25) is 0 Å². The minimum Gasteiger partial charge on any atom is -0.462 e. The molecule has 0 aliphatic rings. The molecule has 0 rings (SSSR count). The van der Waals surface area contributed by atoms with Crippen LogP contribution in [0.5, 0.6) is 0 Å². The lowest BCUT2D eigenvalue weighted by atomic mass is 10.0. The van der Waals surface area contributed by atoms with Crippen molar-refractivity contribution in [3.05, 3.63) is 60.8 Å². The second kappa shape index (κ2) is 64.9. The van der Waals surface area contributed by atoms with Gasteiger partial charge in [0.25, 0.3) is 0 Å². The minimum absolute atomic E-state index is 0.0622. The van der Waals surface area contributed by atoms with E-state index in [1.807, 2.05) is 0 Å². The Labute approximate surface area is 461 Å². The minimum atomic E-state index is -0.773. The molecular weight excluding hydrogens is 909 g/mol. The number of carbonyl (C=O) groups excluding carboxylic acids is 2. The largest absolute Gasteiger partial charge is 0.462 e. The average Bonchev–Trinajstić information content (AvgIpc) is 3.40. The van der Waals surface area contributed by atoms with E-state index < -0.39 is 6.10 Å². The molecule has 0 amide bonds. The Morgan fingerprint density at radius 2 is 0.581 bits per heavy atom. The van der Waals surface area contributed by atoms with Crippen LogP contribution < -0.4 is 0 Å². The first kappa shape index (κ1) is 71.6. The molecule has 432 valence electrons. The number of hydrogen-bond donors (Lipinski definition) is 1. The number of ether oxygens (including phenoxy) is 2. The van der Waals surface area contributed by atoms with Crippen molar-refractivity contribution in [2.45, 2.75) is 354 Å². The molecule has 5 nitrogen and oxygen atoms in total. The molecule has 0 aliphatic carbocycles. The van der Waals surface area contributed by atoms with E-state index in [1.165, 1.54) is 257 Å². The lowest BCUT2D eigenvalue weighted by Crippen LogP contribution is -2.28. The highest BCUT2D eigenvalue weighted by molar-refractivity contribution is 5.70. The summed E-state index contributed by atoms with van der Waals surface area (Å²) in [5, 5.41) is 9.69. The van der Waals surface area contributed by atoms with Gasteiger partial charge < -0.3 is 14.6 Å². The highest BCUT2D eigenvalue weighted by Gasteiger charge is 2.16. The molecule has 1 unspecified atom stereocenters. The monoisotopic (exact) mass is 1030 g/mol. The summed E-state index contributed by atoms with van der Waals surface area (Å²) in [6.45, 7) is 4.08. The van der Waals surface area contributed by atoms with Gasteiger partial charge in [-0.1, -0.05) is 319 Å². The van der Waals surface area contributed by atoms with Crippen molar-refractivity contribution in [3.63, 3.8) is 0 Å². The standard InChI is InChI=1S/C69H126O5/c1-3-5-7-9-11-13-15-17-19-21-23-25-27-29-31-33-34-36-37-39-41-43-45-47-49-51-53-55-57-59-61-63-68(71)73-66-67(65-70)74-69(72)64-62-60-58-56-54-52-50-48-46-44-42-40-38-35-32-30-28-26-24-22-20-18-16-14-12-10-8-6-4-2/h6,8,12,14,18,20-21,23-24,26,67,70H,3-5,7,9-11,13,15-17,19,22,25,27-66H2,1-2H3/b8-6-,14-12-,20-18-,23-21-,26-24-. The van der Waals surface area contributed by atoms with Crippen molar-refractivity contribution in [3.8, 4) is 0 Å². The van der Waals surface area contributed by atoms with Gasteiger partial charge in [0.1, 0.15) is 6.61 Å². The maximum Gasteiger partial charge on any atom is 0.306 e. The van der Waals surface area contributed by atoms with E-state index >= 15 is 0 Å². The number of aliphatic hydroxyl groups is 1. The van der Waals surface area contributed by atoms with Crippen LogP contribution in [-0.4, -0.2) is 36.4 Å². The predicted octanol–water partition coefficient (Wildman–Crippen LogP) is 22.5. The summed E-state index contributed by atoms with van der Waals surface area (Å²) in [5.41, 5.74) is 0. The van der Waals surface area contributed by atoms with Crippen LogP contribution in [0.3, 0.4) is 0 Å². The van der Waals surface area contributed by atoms with Crippen LogP contribution in [0.25, 0.3) is 0 Å². The topological polar surface area (TPSA) is 72.8 Å². The van der Waals surface area contributed by atoms with E-state index in [0.717, 1.165) is 64.2 Å². The van der Waals surface area contributed by atoms with Crippen molar-refractivity contribution < 1.29 is 24.2 Å². The molecule has 0 aromatic heterocycles. The Bertz CT molecular complexity index is 1260. The molecule has 0 saturated carbocycles. The molecule has 0 spiro atoms. The van der Waals surface area contributed by atoms with E-state index in [2.05, 4.69) is 74.6 Å². The fourth-order valence-electron chi connectivity index (χ4n) is 9.90. The second-order valence-corrected chi connectivity index (χ2v) is 22.2. The smallest absolute Gasteiger partial charge is 0.306 e. The van der Waals surface area contributed by atoms with Crippen LogP contribution >= 0.6 is 0 Å². The van der Waals surface area contributed by atoms with Gasteiger partial charge in [0.05, 0.1) is 6.61 Å². The third-order valence-corrected chi connectivity index (χ3v) is 14.8. The maximum absolute atomic E-state index is 12.3. The van der Waals surface area contributed by atoms with Crippen molar-refractivity contribution in [2.24, 2.45) is 0 Å². The molecule has 0 saturated heterocycles. The molecule has 0 aliphatic heterocycles. The van der Waals surface area contributed by atoms with E-state index in [9.17, 15) is 14.7 Å². The number of unbranched alkanes of at least 4 members (excludes halogenated alkanes) is 43. The van der Waals surface area contributed by atoms with Crippen LogP contribution in [0.4, 0.5) is 0 Å². The first-order chi connectivity index (χ1) is 36.6. The summed E-state index contributed by atoms with van der Waals surface area (Å²) >= 11 is 0. The Kier molecular flexibility index (Phi) is 62.8. The third kappa shape index (κ3) is 62.1. The van der Waals surface area contributed by atoms with Crippen LogP contribution in [0.1, 0.15) is 348 Å². The van der Waals surface area contributed by atoms with Crippen LogP contribution in [-0.2, 0) is 19.1 Å². The molecule has 1 N–H and O–H groups in total. The van der Waals surface area contributed by atoms with Gasteiger partial charge in [0.2, 0.25) is 0 Å². The van der Waals surface area contributed by atoms with Crippen LogP contribution in [0.15, 0.2) is 60.8 Å². The first-order valence-electron chi connectivity index (χ1n) is 32.8. The molecule has 0 radical (unpaired) electrons. The summed E-state index contributed by atoms with van der Waals surface area (Å²) in [7, 11) is 0.